The third kappa shape index (κ3) is 3.80. The van der Waals surface area contributed by atoms with Crippen LogP contribution in [0.5, 0.6) is 0 Å². The van der Waals surface area contributed by atoms with Crippen LogP contribution >= 0.6 is 0 Å². The number of aromatic nitrogens is 3. The number of nitro groups is 1. The largest absolute Gasteiger partial charge is 0.464 e. The summed E-state index contributed by atoms with van der Waals surface area (Å²) in [5.74, 6) is -1.11. The van der Waals surface area contributed by atoms with Crippen molar-refractivity contribution in [1.29, 1.82) is 0 Å². The summed E-state index contributed by atoms with van der Waals surface area (Å²) in [7, 11) is 1.13. The van der Waals surface area contributed by atoms with Crippen LogP contribution in [-0.2, 0) is 4.74 Å². The molecule has 2 aromatic heterocycles. The predicted octanol–water partition coefficient (Wildman–Crippen LogP) is 1.89. The summed E-state index contributed by atoms with van der Waals surface area (Å²) in [5, 5.41) is 17.2. The number of hydrogen-bond donors (Lipinski definition) is 1. The van der Waals surface area contributed by atoms with Crippen molar-refractivity contribution in [3.63, 3.8) is 0 Å². The number of methoxy groups -OCH3 is 1. The lowest BCUT2D eigenvalue weighted by Gasteiger charge is -2.17. The molecule has 0 radical (unpaired) electrons. The fourth-order valence-corrected chi connectivity index (χ4v) is 1.92. The average molecular weight is 341 g/mol. The topological polar surface area (TPSA) is 112 Å². The molecule has 24 heavy (non-hydrogen) atoms. The molecule has 2 aromatic rings. The Hall–Kier alpha value is -3.11. The number of rotatable bonds is 7. The monoisotopic (exact) mass is 341 g/mol. The Bertz CT molecular complexity index is 723. The highest BCUT2D eigenvalue weighted by Crippen LogP contribution is 2.24. The third-order valence-corrected chi connectivity index (χ3v) is 3.10. The Morgan fingerprint density at radius 1 is 1.50 bits per heavy atom. The standard InChI is InChI=1S/C13H13F2N5O4/c1-24-13(21)8-3-4-9(20(22)23)12(18-8)16-7-10(11(14)15)19-6-2-5-17-19/h2-6,10-11H,7H2,1H3,(H,16,18). The highest BCUT2D eigenvalue weighted by Gasteiger charge is 2.25. The van der Waals surface area contributed by atoms with Crippen LogP contribution in [0.15, 0.2) is 30.6 Å². The zero-order valence-corrected chi connectivity index (χ0v) is 12.4. The van der Waals surface area contributed by atoms with Crippen molar-refractivity contribution < 1.29 is 23.2 Å². The van der Waals surface area contributed by atoms with Gasteiger partial charge in [-0.3, -0.25) is 14.8 Å². The van der Waals surface area contributed by atoms with Gasteiger partial charge < -0.3 is 10.1 Å². The average Bonchev–Trinajstić information content (AvgIpc) is 3.07. The molecule has 0 aliphatic rings. The van der Waals surface area contributed by atoms with Gasteiger partial charge in [-0.15, -0.1) is 0 Å². The van der Waals surface area contributed by atoms with Crippen molar-refractivity contribution >= 4 is 17.5 Å². The van der Waals surface area contributed by atoms with E-state index in [4.69, 9.17) is 0 Å². The fraction of sp³-hybridized carbons (Fsp3) is 0.308. The van der Waals surface area contributed by atoms with Crippen LogP contribution in [0, 0.1) is 10.1 Å². The molecule has 0 saturated heterocycles. The van der Waals surface area contributed by atoms with Crippen LogP contribution in [0.1, 0.15) is 16.5 Å². The van der Waals surface area contributed by atoms with Gasteiger partial charge in [0.25, 0.3) is 6.43 Å². The van der Waals surface area contributed by atoms with E-state index >= 15 is 0 Å². The van der Waals surface area contributed by atoms with Gasteiger partial charge in [0, 0.05) is 25.0 Å². The second kappa shape index (κ2) is 7.44. The molecule has 0 fully saturated rings. The Morgan fingerprint density at radius 2 is 2.25 bits per heavy atom. The number of nitrogens with one attached hydrogen (secondary N) is 1. The van der Waals surface area contributed by atoms with Crippen LogP contribution < -0.4 is 5.32 Å². The Labute approximate surface area is 134 Å². The number of alkyl halides is 2. The van der Waals surface area contributed by atoms with Crippen LogP contribution in [0.4, 0.5) is 20.3 Å². The van der Waals surface area contributed by atoms with Crippen LogP contribution in [0.25, 0.3) is 0 Å². The number of hydrogen-bond acceptors (Lipinski definition) is 7. The molecule has 1 N–H and O–H groups in total. The molecule has 0 spiro atoms. The van der Waals surface area contributed by atoms with Gasteiger partial charge in [0.15, 0.2) is 5.69 Å². The molecule has 0 saturated carbocycles. The van der Waals surface area contributed by atoms with E-state index in [0.717, 1.165) is 23.9 Å². The normalized spacial score (nSPS) is 12.0. The number of carbonyl (C=O) groups excluding carboxylic acids is 1. The second-order valence-corrected chi connectivity index (χ2v) is 4.58. The van der Waals surface area contributed by atoms with Gasteiger partial charge in [-0.05, 0) is 12.1 Å². The van der Waals surface area contributed by atoms with E-state index in [1.54, 1.807) is 0 Å². The van der Waals surface area contributed by atoms with Gasteiger partial charge in [0.05, 0.1) is 12.0 Å². The number of carbonyl (C=O) groups is 1. The first kappa shape index (κ1) is 17.2. The van der Waals surface area contributed by atoms with Gasteiger partial charge >= 0.3 is 11.7 Å². The van der Waals surface area contributed by atoms with Crippen molar-refractivity contribution in [2.24, 2.45) is 0 Å². The number of anilines is 1. The number of halogens is 2. The molecule has 0 aromatic carbocycles. The van der Waals surface area contributed by atoms with Crippen molar-refractivity contribution in [1.82, 2.24) is 14.8 Å². The lowest BCUT2D eigenvalue weighted by atomic mass is 10.2. The van der Waals surface area contributed by atoms with E-state index in [1.807, 2.05) is 0 Å². The van der Waals surface area contributed by atoms with Crippen LogP contribution in [0.2, 0.25) is 0 Å². The molecule has 2 heterocycles. The molecule has 0 aliphatic carbocycles. The highest BCUT2D eigenvalue weighted by molar-refractivity contribution is 5.88. The maximum Gasteiger partial charge on any atom is 0.356 e. The zero-order chi connectivity index (χ0) is 17.7. The maximum absolute atomic E-state index is 13.2. The Kier molecular flexibility index (Phi) is 5.35. The molecule has 11 heteroatoms. The molecule has 128 valence electrons. The van der Waals surface area contributed by atoms with E-state index in [2.05, 4.69) is 20.1 Å². The minimum absolute atomic E-state index is 0.182. The minimum atomic E-state index is -2.76. The Morgan fingerprint density at radius 3 is 2.79 bits per heavy atom. The number of nitrogens with zero attached hydrogens (tertiary/aromatic N) is 4. The van der Waals surface area contributed by atoms with Crippen LogP contribution in [-0.4, -0.2) is 45.7 Å². The van der Waals surface area contributed by atoms with E-state index in [-0.39, 0.29) is 18.1 Å². The molecule has 1 unspecified atom stereocenters. The van der Waals surface area contributed by atoms with E-state index in [9.17, 15) is 23.7 Å². The number of esters is 1. The first-order valence-corrected chi connectivity index (χ1v) is 6.69. The highest BCUT2D eigenvalue weighted by atomic mass is 19.3. The van der Waals surface area contributed by atoms with Crippen molar-refractivity contribution in [2.45, 2.75) is 12.5 Å². The van der Waals surface area contributed by atoms with Gasteiger partial charge in [-0.2, -0.15) is 5.10 Å². The lowest BCUT2D eigenvalue weighted by molar-refractivity contribution is -0.384. The summed E-state index contributed by atoms with van der Waals surface area (Å²) < 4.78 is 31.8. The SMILES string of the molecule is COC(=O)c1ccc([N+](=O)[O-])c(NCC(C(F)F)n2cccn2)n1. The van der Waals surface area contributed by atoms with Crippen molar-refractivity contribution in [3.05, 3.63) is 46.4 Å². The predicted molar refractivity (Wildman–Crippen MR) is 78.0 cm³/mol. The summed E-state index contributed by atoms with van der Waals surface area (Å²) in [4.78, 5) is 25.5. The zero-order valence-electron chi connectivity index (χ0n) is 12.4. The smallest absolute Gasteiger partial charge is 0.356 e. The Balaban J connectivity index is 2.26. The first-order valence-electron chi connectivity index (χ1n) is 6.69. The lowest BCUT2D eigenvalue weighted by Crippen LogP contribution is -2.26. The van der Waals surface area contributed by atoms with E-state index in [0.29, 0.717) is 0 Å². The van der Waals surface area contributed by atoms with Gasteiger partial charge in [-0.25, -0.2) is 18.6 Å². The number of pyridine rings is 1. The summed E-state index contributed by atoms with van der Waals surface area (Å²) in [6.45, 7) is -0.377. The maximum atomic E-state index is 13.2. The van der Waals surface area contributed by atoms with E-state index in [1.165, 1.54) is 18.5 Å². The molecule has 2 rings (SSSR count). The number of ether oxygens (including phenoxy) is 1. The molecule has 1 atom stereocenters. The van der Waals surface area contributed by atoms with Gasteiger partial charge in [-0.1, -0.05) is 0 Å². The minimum Gasteiger partial charge on any atom is -0.464 e. The molecule has 9 nitrogen and oxygen atoms in total. The fourth-order valence-electron chi connectivity index (χ4n) is 1.92. The van der Waals surface area contributed by atoms with Crippen molar-refractivity contribution in [3.8, 4) is 0 Å². The summed E-state index contributed by atoms with van der Waals surface area (Å²) in [6, 6.07) is 2.29. The summed E-state index contributed by atoms with van der Waals surface area (Å²) in [5.41, 5.74) is -0.630. The quantitative estimate of drug-likeness (QED) is 0.465. The molecule has 0 amide bonds. The molecular formula is C13H13F2N5O4. The molecular weight excluding hydrogens is 328 g/mol. The van der Waals surface area contributed by atoms with Crippen molar-refractivity contribution in [2.75, 3.05) is 19.0 Å². The first-order chi connectivity index (χ1) is 11.4. The summed E-state index contributed by atoms with van der Waals surface area (Å²) in [6.07, 6.45) is -0.0700. The summed E-state index contributed by atoms with van der Waals surface area (Å²) >= 11 is 0. The van der Waals surface area contributed by atoms with Gasteiger partial charge in [0.2, 0.25) is 5.82 Å². The molecule has 0 bridgehead atoms. The van der Waals surface area contributed by atoms with Gasteiger partial charge in [0.1, 0.15) is 6.04 Å². The third-order valence-electron chi connectivity index (χ3n) is 3.10. The van der Waals surface area contributed by atoms with E-state index < -0.39 is 29.0 Å². The second-order valence-electron chi connectivity index (χ2n) is 4.58. The molecule has 0 aliphatic heterocycles. The van der Waals surface area contributed by atoms with Crippen LogP contribution in [0.3, 0.4) is 0 Å².